The second kappa shape index (κ2) is 6.34. The highest BCUT2D eigenvalue weighted by atomic mass is 16.5. The standard InChI is InChI=1S/C19H21N3O/c1-19(2,12-14-6-4-3-5-7-14)18-21-17(22-23-18)16-10-8-15(13-20)9-11-16/h3-11H,12-13,20H2,1-2H3. The van der Waals surface area contributed by atoms with Gasteiger partial charge in [-0.05, 0) is 17.5 Å². The average molecular weight is 307 g/mol. The lowest BCUT2D eigenvalue weighted by molar-refractivity contribution is 0.306. The zero-order valence-corrected chi connectivity index (χ0v) is 13.5. The van der Waals surface area contributed by atoms with Gasteiger partial charge in [-0.1, -0.05) is 73.6 Å². The Morgan fingerprint density at radius 3 is 2.30 bits per heavy atom. The smallest absolute Gasteiger partial charge is 0.232 e. The van der Waals surface area contributed by atoms with Crippen molar-refractivity contribution in [3.05, 3.63) is 71.6 Å². The Hall–Kier alpha value is -2.46. The molecule has 4 heteroatoms. The molecule has 118 valence electrons. The van der Waals surface area contributed by atoms with Crippen LogP contribution in [0.2, 0.25) is 0 Å². The Labute approximate surface area is 136 Å². The zero-order valence-electron chi connectivity index (χ0n) is 13.5. The van der Waals surface area contributed by atoms with E-state index in [2.05, 4.69) is 36.1 Å². The molecule has 1 heterocycles. The molecule has 0 unspecified atom stereocenters. The fraction of sp³-hybridized carbons (Fsp3) is 0.263. The van der Waals surface area contributed by atoms with E-state index in [1.165, 1.54) is 5.56 Å². The molecule has 0 aliphatic heterocycles. The van der Waals surface area contributed by atoms with Crippen molar-refractivity contribution in [2.24, 2.45) is 5.73 Å². The molecule has 23 heavy (non-hydrogen) atoms. The van der Waals surface area contributed by atoms with Gasteiger partial charge in [0.2, 0.25) is 11.7 Å². The summed E-state index contributed by atoms with van der Waals surface area (Å²) in [7, 11) is 0. The van der Waals surface area contributed by atoms with Crippen LogP contribution in [0, 0.1) is 0 Å². The van der Waals surface area contributed by atoms with Crippen molar-refractivity contribution in [1.82, 2.24) is 10.1 Å². The lowest BCUT2D eigenvalue weighted by atomic mass is 9.85. The van der Waals surface area contributed by atoms with Crippen LogP contribution >= 0.6 is 0 Å². The molecule has 0 spiro atoms. The zero-order chi connectivity index (χ0) is 16.3. The van der Waals surface area contributed by atoms with Crippen molar-refractivity contribution in [1.29, 1.82) is 0 Å². The van der Waals surface area contributed by atoms with Gasteiger partial charge in [0.15, 0.2) is 0 Å². The first-order valence-electron chi connectivity index (χ1n) is 7.76. The number of rotatable bonds is 5. The summed E-state index contributed by atoms with van der Waals surface area (Å²) in [4.78, 5) is 4.59. The van der Waals surface area contributed by atoms with E-state index in [9.17, 15) is 0 Å². The van der Waals surface area contributed by atoms with E-state index in [0.29, 0.717) is 18.3 Å². The van der Waals surface area contributed by atoms with Gasteiger partial charge in [0.05, 0.1) is 0 Å². The summed E-state index contributed by atoms with van der Waals surface area (Å²) in [6, 6.07) is 18.3. The molecule has 2 N–H and O–H groups in total. The maximum absolute atomic E-state index is 5.62. The largest absolute Gasteiger partial charge is 0.338 e. The van der Waals surface area contributed by atoms with Crippen LogP contribution in [0.15, 0.2) is 59.1 Å². The number of nitrogens with zero attached hydrogens (tertiary/aromatic N) is 2. The van der Waals surface area contributed by atoms with Gasteiger partial charge in [-0.2, -0.15) is 4.98 Å². The van der Waals surface area contributed by atoms with E-state index in [4.69, 9.17) is 10.3 Å². The third-order valence-corrected chi connectivity index (χ3v) is 3.94. The molecule has 0 fully saturated rings. The number of hydrogen-bond donors (Lipinski definition) is 1. The first-order valence-corrected chi connectivity index (χ1v) is 7.76. The van der Waals surface area contributed by atoms with Gasteiger partial charge < -0.3 is 10.3 Å². The van der Waals surface area contributed by atoms with Crippen LogP contribution in [-0.2, 0) is 18.4 Å². The second-order valence-electron chi connectivity index (χ2n) is 6.37. The summed E-state index contributed by atoms with van der Waals surface area (Å²) in [5.41, 5.74) is 8.68. The molecule has 0 aliphatic rings. The molecule has 0 saturated carbocycles. The molecule has 0 radical (unpaired) electrons. The number of aromatic nitrogens is 2. The van der Waals surface area contributed by atoms with Gasteiger partial charge in [0.1, 0.15) is 0 Å². The van der Waals surface area contributed by atoms with Gasteiger partial charge in [-0.3, -0.25) is 0 Å². The molecular formula is C19H21N3O. The lowest BCUT2D eigenvalue weighted by Crippen LogP contribution is -2.21. The molecule has 1 aromatic heterocycles. The Balaban J connectivity index is 1.82. The third kappa shape index (κ3) is 3.48. The second-order valence-corrected chi connectivity index (χ2v) is 6.37. The summed E-state index contributed by atoms with van der Waals surface area (Å²) in [5, 5.41) is 4.13. The van der Waals surface area contributed by atoms with Crippen molar-refractivity contribution in [3.63, 3.8) is 0 Å². The predicted molar refractivity (Wildman–Crippen MR) is 90.8 cm³/mol. The van der Waals surface area contributed by atoms with Crippen LogP contribution in [0.4, 0.5) is 0 Å². The summed E-state index contributed by atoms with van der Waals surface area (Å²) in [5.74, 6) is 1.27. The van der Waals surface area contributed by atoms with Gasteiger partial charge >= 0.3 is 0 Å². The van der Waals surface area contributed by atoms with Crippen molar-refractivity contribution < 1.29 is 4.52 Å². The topological polar surface area (TPSA) is 64.9 Å². The van der Waals surface area contributed by atoms with Crippen LogP contribution in [0.25, 0.3) is 11.4 Å². The quantitative estimate of drug-likeness (QED) is 0.780. The highest BCUT2D eigenvalue weighted by Crippen LogP contribution is 2.28. The highest BCUT2D eigenvalue weighted by Gasteiger charge is 2.28. The Morgan fingerprint density at radius 1 is 0.957 bits per heavy atom. The van der Waals surface area contributed by atoms with Gasteiger partial charge in [-0.15, -0.1) is 0 Å². The lowest BCUT2D eigenvalue weighted by Gasteiger charge is -2.19. The van der Waals surface area contributed by atoms with Gasteiger partial charge in [-0.25, -0.2) is 0 Å². The first-order chi connectivity index (χ1) is 11.1. The molecule has 3 rings (SSSR count). The summed E-state index contributed by atoms with van der Waals surface area (Å²) >= 11 is 0. The molecule has 0 saturated heterocycles. The Morgan fingerprint density at radius 2 is 1.65 bits per heavy atom. The monoisotopic (exact) mass is 307 g/mol. The van der Waals surface area contributed by atoms with Crippen LogP contribution in [0.3, 0.4) is 0 Å². The fourth-order valence-electron chi connectivity index (χ4n) is 2.59. The molecule has 3 aromatic rings. The minimum atomic E-state index is -0.218. The van der Waals surface area contributed by atoms with E-state index >= 15 is 0 Å². The van der Waals surface area contributed by atoms with Crippen LogP contribution in [0.5, 0.6) is 0 Å². The first kappa shape index (κ1) is 15.4. The van der Waals surface area contributed by atoms with Crippen molar-refractivity contribution in [2.75, 3.05) is 0 Å². The molecule has 0 atom stereocenters. The molecule has 4 nitrogen and oxygen atoms in total. The van der Waals surface area contributed by atoms with Gasteiger partial charge in [0, 0.05) is 17.5 Å². The minimum Gasteiger partial charge on any atom is -0.338 e. The van der Waals surface area contributed by atoms with Crippen LogP contribution < -0.4 is 5.73 Å². The molecular weight excluding hydrogens is 286 g/mol. The minimum absolute atomic E-state index is 0.218. The van der Waals surface area contributed by atoms with Gasteiger partial charge in [0.25, 0.3) is 0 Å². The van der Waals surface area contributed by atoms with E-state index in [1.807, 2.05) is 42.5 Å². The van der Waals surface area contributed by atoms with E-state index in [0.717, 1.165) is 17.5 Å². The van der Waals surface area contributed by atoms with E-state index < -0.39 is 0 Å². The number of hydrogen-bond acceptors (Lipinski definition) is 4. The number of nitrogens with two attached hydrogens (primary N) is 1. The maximum Gasteiger partial charge on any atom is 0.232 e. The molecule has 0 amide bonds. The Kier molecular flexibility index (Phi) is 4.26. The normalized spacial score (nSPS) is 11.6. The van der Waals surface area contributed by atoms with E-state index in [1.54, 1.807) is 0 Å². The van der Waals surface area contributed by atoms with Crippen LogP contribution in [-0.4, -0.2) is 10.1 Å². The summed E-state index contributed by atoms with van der Waals surface area (Å²) < 4.78 is 5.53. The molecule has 0 bridgehead atoms. The van der Waals surface area contributed by atoms with Crippen molar-refractivity contribution >= 4 is 0 Å². The highest BCUT2D eigenvalue weighted by molar-refractivity contribution is 5.54. The maximum atomic E-state index is 5.62. The Bertz CT molecular complexity index is 761. The predicted octanol–water partition coefficient (Wildman–Crippen LogP) is 3.72. The molecule has 0 aliphatic carbocycles. The van der Waals surface area contributed by atoms with Crippen molar-refractivity contribution in [3.8, 4) is 11.4 Å². The summed E-state index contributed by atoms with van der Waals surface area (Å²) in [6.07, 6.45) is 0.849. The SMILES string of the molecule is CC(C)(Cc1ccccc1)c1nc(-c2ccc(CN)cc2)no1. The fourth-order valence-corrected chi connectivity index (χ4v) is 2.59. The molecule has 2 aromatic carbocycles. The number of benzene rings is 2. The summed E-state index contributed by atoms with van der Waals surface area (Å²) in [6.45, 7) is 4.77. The third-order valence-electron chi connectivity index (χ3n) is 3.94. The van der Waals surface area contributed by atoms with E-state index in [-0.39, 0.29) is 5.41 Å². The van der Waals surface area contributed by atoms with Crippen LogP contribution in [0.1, 0.15) is 30.9 Å². The average Bonchev–Trinajstić information content (AvgIpc) is 3.06. The van der Waals surface area contributed by atoms with Crippen molar-refractivity contribution in [2.45, 2.75) is 32.2 Å².